The Morgan fingerprint density at radius 1 is 0.946 bits per heavy atom. The van der Waals surface area contributed by atoms with Crippen molar-refractivity contribution >= 4 is 5.97 Å². The first-order valence-electron chi connectivity index (χ1n) is 11.8. The van der Waals surface area contributed by atoms with E-state index in [-0.39, 0.29) is 5.88 Å². The number of benzene rings is 4. The van der Waals surface area contributed by atoms with Crippen LogP contribution >= 0.6 is 0 Å². The maximum Gasteiger partial charge on any atom is 0.343 e. The van der Waals surface area contributed by atoms with Gasteiger partial charge in [-0.05, 0) is 48.4 Å². The first-order chi connectivity index (χ1) is 18.0. The average Bonchev–Trinajstić information content (AvgIpc) is 2.92. The van der Waals surface area contributed by atoms with Crippen molar-refractivity contribution in [3.8, 4) is 23.3 Å². The number of carbonyl (C=O) groups excluding carboxylic acids is 1. The zero-order valence-electron chi connectivity index (χ0n) is 20.2. The van der Waals surface area contributed by atoms with E-state index in [0.29, 0.717) is 35.0 Å². The third-order valence-corrected chi connectivity index (χ3v) is 6.12. The Hall–Kier alpha value is -5.02. The predicted molar refractivity (Wildman–Crippen MR) is 139 cm³/mol. The second-order valence-electron chi connectivity index (χ2n) is 8.73. The highest BCUT2D eigenvalue weighted by molar-refractivity contribution is 5.91. The summed E-state index contributed by atoms with van der Waals surface area (Å²) in [6, 6.07) is 32.0. The van der Waals surface area contributed by atoms with Crippen LogP contribution in [0.1, 0.15) is 38.5 Å². The summed E-state index contributed by atoms with van der Waals surface area (Å²) in [5, 5.41) is 9.84. The molecule has 182 valence electrons. The van der Waals surface area contributed by atoms with Gasteiger partial charge in [-0.15, -0.1) is 0 Å². The molecule has 0 fully saturated rings. The predicted octanol–water partition coefficient (Wildman–Crippen LogP) is 6.01. The molecule has 5 rings (SSSR count). The molecule has 1 aliphatic rings. The van der Waals surface area contributed by atoms with Crippen molar-refractivity contribution in [2.45, 2.75) is 19.4 Å². The van der Waals surface area contributed by atoms with Crippen LogP contribution in [0, 0.1) is 18.3 Å². The SMILES string of the molecule is Cc1cccc(C(=O)Oc2ccc3c(c2)OC(N)=C(C#N)C3c2ccc(OCc3ccccc3)cc2)c1. The Morgan fingerprint density at radius 3 is 2.43 bits per heavy atom. The maximum absolute atomic E-state index is 12.6. The number of carbonyl (C=O) groups is 1. The molecule has 0 bridgehead atoms. The van der Waals surface area contributed by atoms with Crippen molar-refractivity contribution in [2.24, 2.45) is 5.73 Å². The van der Waals surface area contributed by atoms with Crippen LogP contribution in [0.25, 0.3) is 0 Å². The average molecular weight is 489 g/mol. The van der Waals surface area contributed by atoms with Gasteiger partial charge in [-0.3, -0.25) is 0 Å². The number of nitrogens with zero attached hydrogens (tertiary/aromatic N) is 1. The molecule has 1 atom stereocenters. The molecule has 6 heteroatoms. The molecule has 4 aromatic rings. The second-order valence-corrected chi connectivity index (χ2v) is 8.73. The van der Waals surface area contributed by atoms with Crippen LogP contribution < -0.4 is 19.9 Å². The molecule has 37 heavy (non-hydrogen) atoms. The topological polar surface area (TPSA) is 94.6 Å². The first-order valence-corrected chi connectivity index (χ1v) is 11.8. The highest BCUT2D eigenvalue weighted by Crippen LogP contribution is 2.43. The molecule has 1 unspecified atom stereocenters. The van der Waals surface area contributed by atoms with Crippen LogP contribution in [-0.4, -0.2) is 5.97 Å². The molecule has 1 heterocycles. The van der Waals surface area contributed by atoms with Crippen LogP contribution in [0.3, 0.4) is 0 Å². The monoisotopic (exact) mass is 488 g/mol. The Bertz CT molecular complexity index is 1520. The summed E-state index contributed by atoms with van der Waals surface area (Å²) in [5.74, 6) is 0.587. The van der Waals surface area contributed by atoms with Crippen molar-refractivity contribution in [3.63, 3.8) is 0 Å². The van der Waals surface area contributed by atoms with E-state index in [4.69, 9.17) is 19.9 Å². The highest BCUT2D eigenvalue weighted by atomic mass is 16.5. The van der Waals surface area contributed by atoms with E-state index in [1.165, 1.54) is 0 Å². The first kappa shape index (κ1) is 23.7. The molecule has 0 amide bonds. The molecule has 0 saturated carbocycles. The van der Waals surface area contributed by atoms with E-state index in [9.17, 15) is 10.1 Å². The van der Waals surface area contributed by atoms with Crippen molar-refractivity contribution in [1.82, 2.24) is 0 Å². The van der Waals surface area contributed by atoms with Crippen LogP contribution in [-0.2, 0) is 6.61 Å². The number of aryl methyl sites for hydroxylation is 1. The summed E-state index contributed by atoms with van der Waals surface area (Å²) in [7, 11) is 0. The van der Waals surface area contributed by atoms with Crippen LogP contribution in [0.5, 0.6) is 17.2 Å². The number of hydrogen-bond acceptors (Lipinski definition) is 6. The number of fused-ring (bicyclic) bond motifs is 1. The van der Waals surface area contributed by atoms with E-state index in [0.717, 1.165) is 22.3 Å². The fourth-order valence-corrected chi connectivity index (χ4v) is 4.28. The fourth-order valence-electron chi connectivity index (χ4n) is 4.28. The summed E-state index contributed by atoms with van der Waals surface area (Å²) >= 11 is 0. The number of hydrogen-bond donors (Lipinski definition) is 1. The zero-order chi connectivity index (χ0) is 25.8. The third-order valence-electron chi connectivity index (χ3n) is 6.12. The molecule has 0 aromatic heterocycles. The molecule has 4 aromatic carbocycles. The van der Waals surface area contributed by atoms with Crippen molar-refractivity contribution < 1.29 is 19.0 Å². The van der Waals surface area contributed by atoms with Crippen molar-refractivity contribution in [1.29, 1.82) is 5.26 Å². The number of rotatable bonds is 6. The van der Waals surface area contributed by atoms with Crippen molar-refractivity contribution in [2.75, 3.05) is 0 Å². The Kier molecular flexibility index (Phi) is 6.60. The van der Waals surface area contributed by atoms with Gasteiger partial charge in [-0.25, -0.2) is 4.79 Å². The third kappa shape index (κ3) is 5.16. The lowest BCUT2D eigenvalue weighted by molar-refractivity contribution is 0.0734. The van der Waals surface area contributed by atoms with Gasteiger partial charge >= 0.3 is 5.97 Å². The number of nitriles is 1. The number of allylic oxidation sites excluding steroid dienone is 1. The normalized spacial score (nSPS) is 14.2. The minimum Gasteiger partial charge on any atom is -0.489 e. The standard InChI is InChI=1S/C31H24N2O4/c1-20-6-5-9-23(16-20)31(34)36-25-14-15-26-28(17-25)37-30(33)27(18-32)29(26)22-10-12-24(13-11-22)35-19-21-7-3-2-4-8-21/h2-17,29H,19,33H2,1H3. The van der Waals surface area contributed by atoms with E-state index < -0.39 is 11.9 Å². The molecule has 6 nitrogen and oxygen atoms in total. The zero-order valence-corrected chi connectivity index (χ0v) is 20.2. The van der Waals surface area contributed by atoms with E-state index >= 15 is 0 Å². The highest BCUT2D eigenvalue weighted by Gasteiger charge is 2.31. The Labute approximate surface area is 215 Å². The number of ether oxygens (including phenoxy) is 3. The number of nitrogens with two attached hydrogens (primary N) is 1. The van der Waals surface area contributed by atoms with Gasteiger partial charge in [0.1, 0.15) is 35.5 Å². The largest absolute Gasteiger partial charge is 0.489 e. The van der Waals surface area contributed by atoms with E-state index in [2.05, 4.69) is 6.07 Å². The second kappa shape index (κ2) is 10.3. The van der Waals surface area contributed by atoms with Gasteiger partial charge in [0.05, 0.1) is 11.5 Å². The van der Waals surface area contributed by atoms with Gasteiger partial charge in [0.15, 0.2) is 0 Å². The molecule has 0 aliphatic carbocycles. The maximum atomic E-state index is 12.6. The van der Waals surface area contributed by atoms with Gasteiger partial charge in [-0.1, -0.05) is 66.2 Å². The summed E-state index contributed by atoms with van der Waals surface area (Å²) in [5.41, 5.74) is 10.6. The van der Waals surface area contributed by atoms with Crippen molar-refractivity contribution in [3.05, 3.63) is 136 Å². The van der Waals surface area contributed by atoms with Crippen LogP contribution in [0.15, 0.2) is 109 Å². The molecular weight excluding hydrogens is 464 g/mol. The number of esters is 1. The fraction of sp³-hybridized carbons (Fsp3) is 0.0968. The smallest absolute Gasteiger partial charge is 0.343 e. The van der Waals surface area contributed by atoms with Gasteiger partial charge in [0.25, 0.3) is 0 Å². The summed E-state index contributed by atoms with van der Waals surface area (Å²) in [6.45, 7) is 2.37. The Morgan fingerprint density at radius 2 is 1.70 bits per heavy atom. The van der Waals surface area contributed by atoms with Gasteiger partial charge in [0, 0.05) is 11.6 Å². The van der Waals surface area contributed by atoms with Gasteiger partial charge in [0.2, 0.25) is 5.88 Å². The lowest BCUT2D eigenvalue weighted by Crippen LogP contribution is -2.21. The molecule has 0 saturated heterocycles. The quantitative estimate of drug-likeness (QED) is 0.264. The van der Waals surface area contributed by atoms with Crippen LogP contribution in [0.2, 0.25) is 0 Å². The summed E-state index contributed by atoms with van der Waals surface area (Å²) in [6.07, 6.45) is 0. The minimum absolute atomic E-state index is 0.0200. The molecule has 1 aliphatic heterocycles. The van der Waals surface area contributed by atoms with E-state index in [1.807, 2.05) is 67.6 Å². The van der Waals surface area contributed by atoms with Gasteiger partial charge < -0.3 is 19.9 Å². The lowest BCUT2D eigenvalue weighted by atomic mass is 9.83. The van der Waals surface area contributed by atoms with Gasteiger partial charge in [-0.2, -0.15) is 5.26 Å². The summed E-state index contributed by atoms with van der Waals surface area (Å²) in [4.78, 5) is 12.6. The minimum atomic E-state index is -0.469. The lowest BCUT2D eigenvalue weighted by Gasteiger charge is -2.26. The molecule has 0 spiro atoms. The van der Waals surface area contributed by atoms with E-state index in [1.54, 1.807) is 36.4 Å². The molecule has 0 radical (unpaired) electrons. The molecular formula is C31H24N2O4. The Balaban J connectivity index is 1.39. The molecule has 2 N–H and O–H groups in total. The summed E-state index contributed by atoms with van der Waals surface area (Å²) < 4.78 is 17.2. The van der Waals surface area contributed by atoms with Crippen LogP contribution in [0.4, 0.5) is 0 Å².